The average molecular weight is 248 g/mol. The molecule has 19 heavy (non-hydrogen) atoms. The minimum Gasteiger partial charge on any atom is -0.286 e. The van der Waals surface area contributed by atoms with Crippen molar-refractivity contribution < 1.29 is 0 Å². The third-order valence-electron chi connectivity index (χ3n) is 3.37. The monoisotopic (exact) mass is 248 g/mol. The molecule has 0 spiro atoms. The summed E-state index contributed by atoms with van der Waals surface area (Å²) in [6.45, 7) is 2.87. The first-order valence-corrected chi connectivity index (χ1v) is 6.62. The first-order valence-electron chi connectivity index (χ1n) is 6.62. The largest absolute Gasteiger partial charge is 0.286 e. The Hall–Kier alpha value is -2.22. The summed E-state index contributed by atoms with van der Waals surface area (Å²) in [5.41, 5.74) is 5.61. The van der Waals surface area contributed by atoms with Crippen molar-refractivity contribution in [2.75, 3.05) is 0 Å². The molecular formula is C17H16N2. The van der Waals surface area contributed by atoms with E-state index in [1.54, 1.807) is 0 Å². The van der Waals surface area contributed by atoms with Gasteiger partial charge in [0.25, 0.3) is 0 Å². The Morgan fingerprint density at radius 1 is 1.00 bits per heavy atom. The van der Waals surface area contributed by atoms with Crippen LogP contribution in [0.2, 0.25) is 0 Å². The number of para-hydroxylation sites is 1. The fourth-order valence-electron chi connectivity index (χ4n) is 2.19. The number of benzene rings is 2. The number of fused-ring (bicyclic) bond motifs is 1. The molecule has 0 saturated carbocycles. The van der Waals surface area contributed by atoms with Gasteiger partial charge in [-0.1, -0.05) is 49.4 Å². The maximum absolute atomic E-state index is 4.73. The number of aryl methyl sites for hydroxylation is 1. The predicted molar refractivity (Wildman–Crippen MR) is 80.7 cm³/mol. The SMILES string of the molecule is CCc1ccc(C2=Nc3ccccc3CN=C2)cc1. The average Bonchev–Trinajstić information content (AvgIpc) is 2.69. The second-order valence-corrected chi connectivity index (χ2v) is 4.65. The highest BCUT2D eigenvalue weighted by molar-refractivity contribution is 6.39. The molecule has 1 aliphatic heterocycles. The van der Waals surface area contributed by atoms with Gasteiger partial charge in [0, 0.05) is 11.8 Å². The molecule has 0 saturated heterocycles. The topological polar surface area (TPSA) is 24.7 Å². The molecule has 0 aromatic heterocycles. The molecule has 2 nitrogen and oxygen atoms in total. The lowest BCUT2D eigenvalue weighted by atomic mass is 10.1. The fraction of sp³-hybridized carbons (Fsp3) is 0.176. The molecule has 0 fully saturated rings. The van der Waals surface area contributed by atoms with Crippen LogP contribution in [-0.2, 0) is 13.0 Å². The molecule has 2 heteroatoms. The van der Waals surface area contributed by atoms with Crippen LogP contribution in [-0.4, -0.2) is 11.9 Å². The molecule has 2 aromatic carbocycles. The highest BCUT2D eigenvalue weighted by Gasteiger charge is 2.07. The van der Waals surface area contributed by atoms with E-state index in [1.807, 2.05) is 24.4 Å². The number of rotatable bonds is 2. The van der Waals surface area contributed by atoms with Gasteiger partial charge in [0.1, 0.15) is 0 Å². The van der Waals surface area contributed by atoms with Crippen LogP contribution in [0.25, 0.3) is 0 Å². The van der Waals surface area contributed by atoms with Gasteiger partial charge in [-0.15, -0.1) is 0 Å². The molecule has 0 bridgehead atoms. The van der Waals surface area contributed by atoms with Gasteiger partial charge in [0.05, 0.1) is 17.9 Å². The first-order chi connectivity index (χ1) is 9.36. The molecule has 1 heterocycles. The first kappa shape index (κ1) is 11.8. The van der Waals surface area contributed by atoms with Crippen LogP contribution in [0.4, 0.5) is 5.69 Å². The van der Waals surface area contributed by atoms with Crippen molar-refractivity contribution in [2.45, 2.75) is 19.9 Å². The van der Waals surface area contributed by atoms with E-state index in [4.69, 9.17) is 4.99 Å². The summed E-state index contributed by atoms with van der Waals surface area (Å²) >= 11 is 0. The zero-order chi connectivity index (χ0) is 13.1. The van der Waals surface area contributed by atoms with Gasteiger partial charge in [0.2, 0.25) is 0 Å². The zero-order valence-corrected chi connectivity index (χ0v) is 11.0. The lowest BCUT2D eigenvalue weighted by Gasteiger charge is -2.03. The van der Waals surface area contributed by atoms with E-state index in [1.165, 1.54) is 11.1 Å². The number of aliphatic imine (C=N–C) groups is 2. The van der Waals surface area contributed by atoms with E-state index in [0.29, 0.717) is 6.54 Å². The summed E-state index contributed by atoms with van der Waals surface area (Å²) in [4.78, 5) is 9.19. The highest BCUT2D eigenvalue weighted by atomic mass is 14.8. The van der Waals surface area contributed by atoms with E-state index in [2.05, 4.69) is 42.2 Å². The van der Waals surface area contributed by atoms with Crippen LogP contribution in [0.15, 0.2) is 58.5 Å². The second-order valence-electron chi connectivity index (χ2n) is 4.65. The molecule has 0 amide bonds. The lowest BCUT2D eigenvalue weighted by molar-refractivity contribution is 1.08. The molecule has 1 aliphatic rings. The molecule has 3 rings (SSSR count). The smallest absolute Gasteiger partial charge is 0.0887 e. The number of nitrogens with zero attached hydrogens (tertiary/aromatic N) is 2. The van der Waals surface area contributed by atoms with Crippen molar-refractivity contribution in [1.82, 2.24) is 0 Å². The summed E-state index contributed by atoms with van der Waals surface area (Å²) in [6.07, 6.45) is 2.94. The van der Waals surface area contributed by atoms with E-state index >= 15 is 0 Å². The summed E-state index contributed by atoms with van der Waals surface area (Å²) < 4.78 is 0. The quantitative estimate of drug-likeness (QED) is 0.768. The van der Waals surface area contributed by atoms with Gasteiger partial charge in [-0.2, -0.15) is 0 Å². The molecule has 2 aromatic rings. The van der Waals surface area contributed by atoms with Crippen LogP contribution in [0.1, 0.15) is 23.6 Å². The van der Waals surface area contributed by atoms with Gasteiger partial charge in [0.15, 0.2) is 0 Å². The van der Waals surface area contributed by atoms with Crippen LogP contribution in [0.3, 0.4) is 0 Å². The van der Waals surface area contributed by atoms with Crippen LogP contribution in [0, 0.1) is 0 Å². The Bertz CT molecular complexity index is 637. The molecule has 0 radical (unpaired) electrons. The summed E-state index contributed by atoms with van der Waals surface area (Å²) in [7, 11) is 0. The minimum absolute atomic E-state index is 0.705. The molecule has 0 aliphatic carbocycles. The van der Waals surface area contributed by atoms with Crippen molar-refractivity contribution in [3.63, 3.8) is 0 Å². The summed E-state index contributed by atoms with van der Waals surface area (Å²) in [5.74, 6) is 0. The molecule has 94 valence electrons. The van der Waals surface area contributed by atoms with Gasteiger partial charge in [-0.3, -0.25) is 4.99 Å². The summed E-state index contributed by atoms with van der Waals surface area (Å²) in [5, 5.41) is 0. The Labute approximate surface area is 113 Å². The minimum atomic E-state index is 0.705. The number of hydrogen-bond donors (Lipinski definition) is 0. The Balaban J connectivity index is 2.02. The van der Waals surface area contributed by atoms with Gasteiger partial charge in [-0.25, -0.2) is 4.99 Å². The third kappa shape index (κ3) is 2.48. The molecular weight excluding hydrogens is 232 g/mol. The van der Waals surface area contributed by atoms with Gasteiger partial charge in [-0.05, 0) is 23.6 Å². The van der Waals surface area contributed by atoms with E-state index in [9.17, 15) is 0 Å². The third-order valence-corrected chi connectivity index (χ3v) is 3.37. The fourth-order valence-corrected chi connectivity index (χ4v) is 2.19. The maximum Gasteiger partial charge on any atom is 0.0887 e. The Morgan fingerprint density at radius 2 is 1.79 bits per heavy atom. The Morgan fingerprint density at radius 3 is 2.58 bits per heavy atom. The van der Waals surface area contributed by atoms with Gasteiger partial charge >= 0.3 is 0 Å². The standard InChI is InChI=1S/C17H16N2/c1-2-13-7-9-14(10-8-13)17-12-18-11-15-5-3-4-6-16(15)19-17/h3-10,12H,2,11H2,1H3. The Kier molecular flexibility index (Phi) is 3.23. The lowest BCUT2D eigenvalue weighted by Crippen LogP contribution is -2.01. The zero-order valence-electron chi connectivity index (χ0n) is 11.0. The van der Waals surface area contributed by atoms with Crippen molar-refractivity contribution in [2.24, 2.45) is 9.98 Å². The number of hydrogen-bond acceptors (Lipinski definition) is 2. The predicted octanol–water partition coefficient (Wildman–Crippen LogP) is 3.95. The maximum atomic E-state index is 4.73. The molecule has 0 atom stereocenters. The van der Waals surface area contributed by atoms with E-state index < -0.39 is 0 Å². The summed E-state index contributed by atoms with van der Waals surface area (Å²) in [6, 6.07) is 16.7. The van der Waals surface area contributed by atoms with Crippen LogP contribution in [0.5, 0.6) is 0 Å². The van der Waals surface area contributed by atoms with Crippen molar-refractivity contribution >= 4 is 17.6 Å². The van der Waals surface area contributed by atoms with Crippen molar-refractivity contribution in [1.29, 1.82) is 0 Å². The normalized spacial score (nSPS) is 13.6. The van der Waals surface area contributed by atoms with E-state index in [-0.39, 0.29) is 0 Å². The molecule has 0 unspecified atom stereocenters. The van der Waals surface area contributed by atoms with E-state index in [0.717, 1.165) is 23.4 Å². The van der Waals surface area contributed by atoms with Crippen molar-refractivity contribution in [3.8, 4) is 0 Å². The second kappa shape index (κ2) is 5.19. The van der Waals surface area contributed by atoms with Crippen LogP contribution >= 0.6 is 0 Å². The van der Waals surface area contributed by atoms with Crippen molar-refractivity contribution in [3.05, 3.63) is 65.2 Å². The highest BCUT2D eigenvalue weighted by Crippen LogP contribution is 2.22. The van der Waals surface area contributed by atoms with Gasteiger partial charge < -0.3 is 0 Å². The van der Waals surface area contributed by atoms with Crippen LogP contribution < -0.4 is 0 Å². The molecule has 0 N–H and O–H groups in total.